The summed E-state index contributed by atoms with van der Waals surface area (Å²) in [6.45, 7) is 12.8. The fourth-order valence-electron chi connectivity index (χ4n) is 2.85. The highest BCUT2D eigenvalue weighted by atomic mass is 16.1. The predicted molar refractivity (Wildman–Crippen MR) is 77.8 cm³/mol. The van der Waals surface area contributed by atoms with Crippen molar-refractivity contribution < 1.29 is 4.79 Å². The molecule has 1 heteroatoms. The molecule has 0 radical (unpaired) electrons. The normalized spacial score (nSPS) is 11.0. The maximum atomic E-state index is 11.3. The Hall–Kier alpha value is -1.63. The summed E-state index contributed by atoms with van der Waals surface area (Å²) in [5, 5.41) is 2.39. The molecule has 2 aromatic carbocycles. The first-order chi connectivity index (χ1) is 8.40. The average molecular weight is 240 g/mol. The number of carbonyl (C=O) groups is 1. The average Bonchev–Trinajstić information content (AvgIpc) is 2.36. The lowest BCUT2D eigenvalue weighted by Crippen LogP contribution is -2.00. The number of rotatable bonds is 1. The lowest BCUT2D eigenvalue weighted by molar-refractivity contribution is 0.112. The number of benzene rings is 2. The van der Waals surface area contributed by atoms with Gasteiger partial charge in [-0.05, 0) is 91.8 Å². The quantitative estimate of drug-likeness (QED) is 0.671. The summed E-state index contributed by atoms with van der Waals surface area (Å²) in [5.74, 6) is 0. The third kappa shape index (κ3) is 1.58. The van der Waals surface area contributed by atoms with Crippen LogP contribution in [0.25, 0.3) is 10.8 Å². The van der Waals surface area contributed by atoms with Crippen molar-refractivity contribution in [3.8, 4) is 0 Å². The molecule has 18 heavy (non-hydrogen) atoms. The zero-order chi connectivity index (χ0) is 13.6. The van der Waals surface area contributed by atoms with E-state index < -0.39 is 0 Å². The molecule has 1 nitrogen and oxygen atoms in total. The van der Waals surface area contributed by atoms with Crippen LogP contribution in [0.1, 0.15) is 43.7 Å². The number of carbonyl (C=O) groups excluding carboxylic acids is 1. The first-order valence-electron chi connectivity index (χ1n) is 6.35. The van der Waals surface area contributed by atoms with Crippen LogP contribution in [0, 0.1) is 41.5 Å². The summed E-state index contributed by atoms with van der Waals surface area (Å²) in [4.78, 5) is 11.3. The molecule has 0 atom stereocenters. The van der Waals surface area contributed by atoms with Crippen LogP contribution in [0.2, 0.25) is 0 Å². The Labute approximate surface area is 109 Å². The third-order valence-electron chi connectivity index (χ3n) is 4.44. The standard InChI is InChI=1S/C17H20O/c1-9-7-15(8-18)17-14(6)12(4)11(3)13(5)16(17)10(9)2/h7-8H,1-6H3. The molecule has 0 N–H and O–H groups in total. The van der Waals surface area contributed by atoms with Gasteiger partial charge in [-0.2, -0.15) is 0 Å². The summed E-state index contributed by atoms with van der Waals surface area (Å²) in [6, 6.07) is 2.01. The number of aldehydes is 1. The lowest BCUT2D eigenvalue weighted by Gasteiger charge is -2.18. The first kappa shape index (κ1) is 12.8. The van der Waals surface area contributed by atoms with Crippen LogP contribution in [-0.4, -0.2) is 6.29 Å². The van der Waals surface area contributed by atoms with E-state index in [2.05, 4.69) is 41.5 Å². The number of fused-ring (bicyclic) bond motifs is 1. The monoisotopic (exact) mass is 240 g/mol. The number of hydrogen-bond donors (Lipinski definition) is 0. The van der Waals surface area contributed by atoms with Gasteiger partial charge in [0.05, 0.1) is 0 Å². The van der Waals surface area contributed by atoms with E-state index in [1.54, 1.807) is 0 Å². The van der Waals surface area contributed by atoms with Crippen LogP contribution < -0.4 is 0 Å². The topological polar surface area (TPSA) is 17.1 Å². The minimum absolute atomic E-state index is 0.816. The van der Waals surface area contributed by atoms with Gasteiger partial charge in [-0.1, -0.05) is 0 Å². The van der Waals surface area contributed by atoms with Crippen LogP contribution in [0.5, 0.6) is 0 Å². The fraction of sp³-hybridized carbons (Fsp3) is 0.353. The van der Waals surface area contributed by atoms with Crippen molar-refractivity contribution in [2.24, 2.45) is 0 Å². The predicted octanol–water partition coefficient (Wildman–Crippen LogP) is 4.50. The van der Waals surface area contributed by atoms with Gasteiger partial charge in [0.25, 0.3) is 0 Å². The zero-order valence-electron chi connectivity index (χ0n) is 12.1. The Morgan fingerprint density at radius 2 is 1.22 bits per heavy atom. The summed E-state index contributed by atoms with van der Waals surface area (Å²) in [6.07, 6.45) is 0.982. The molecular weight excluding hydrogens is 220 g/mol. The van der Waals surface area contributed by atoms with E-state index in [4.69, 9.17) is 0 Å². The van der Waals surface area contributed by atoms with Crippen molar-refractivity contribution >= 4 is 17.1 Å². The SMILES string of the molecule is Cc1cc(C=O)c2c(C)c(C)c(C)c(C)c2c1C. The van der Waals surface area contributed by atoms with Crippen molar-refractivity contribution in [1.82, 2.24) is 0 Å². The van der Waals surface area contributed by atoms with E-state index in [1.807, 2.05) is 6.07 Å². The van der Waals surface area contributed by atoms with Gasteiger partial charge in [0.1, 0.15) is 0 Å². The minimum Gasteiger partial charge on any atom is -0.298 e. The zero-order valence-corrected chi connectivity index (χ0v) is 12.1. The molecule has 2 aromatic rings. The van der Waals surface area contributed by atoms with Crippen LogP contribution in [-0.2, 0) is 0 Å². The van der Waals surface area contributed by atoms with E-state index in [-0.39, 0.29) is 0 Å². The molecule has 0 heterocycles. The molecule has 94 valence electrons. The van der Waals surface area contributed by atoms with E-state index >= 15 is 0 Å². The van der Waals surface area contributed by atoms with E-state index in [1.165, 1.54) is 38.8 Å². The Balaban J connectivity index is 3.19. The van der Waals surface area contributed by atoms with Crippen LogP contribution in [0.4, 0.5) is 0 Å². The van der Waals surface area contributed by atoms with Crippen molar-refractivity contribution in [3.63, 3.8) is 0 Å². The van der Waals surface area contributed by atoms with E-state index in [0.717, 1.165) is 17.2 Å². The summed E-state index contributed by atoms with van der Waals surface area (Å²) >= 11 is 0. The van der Waals surface area contributed by atoms with Gasteiger partial charge in [-0.15, -0.1) is 0 Å². The van der Waals surface area contributed by atoms with Gasteiger partial charge < -0.3 is 0 Å². The maximum Gasteiger partial charge on any atom is 0.150 e. The highest BCUT2D eigenvalue weighted by Crippen LogP contribution is 2.34. The Morgan fingerprint density at radius 1 is 0.722 bits per heavy atom. The summed E-state index contributed by atoms with van der Waals surface area (Å²) in [7, 11) is 0. The van der Waals surface area contributed by atoms with E-state index in [0.29, 0.717) is 0 Å². The van der Waals surface area contributed by atoms with Crippen molar-refractivity contribution in [2.75, 3.05) is 0 Å². The van der Waals surface area contributed by atoms with Crippen molar-refractivity contribution in [1.29, 1.82) is 0 Å². The summed E-state index contributed by atoms with van der Waals surface area (Å²) in [5.41, 5.74) is 8.47. The fourth-order valence-corrected chi connectivity index (χ4v) is 2.85. The molecular formula is C17H20O. The summed E-state index contributed by atoms with van der Waals surface area (Å²) < 4.78 is 0. The molecule has 0 aliphatic rings. The molecule has 0 aromatic heterocycles. The van der Waals surface area contributed by atoms with Gasteiger partial charge in [-0.25, -0.2) is 0 Å². The second-order valence-electron chi connectivity index (χ2n) is 5.28. The maximum absolute atomic E-state index is 11.3. The van der Waals surface area contributed by atoms with Gasteiger partial charge in [0, 0.05) is 5.56 Å². The third-order valence-corrected chi connectivity index (χ3v) is 4.44. The highest BCUT2D eigenvalue weighted by molar-refractivity contribution is 6.04. The van der Waals surface area contributed by atoms with Gasteiger partial charge in [-0.3, -0.25) is 4.79 Å². The van der Waals surface area contributed by atoms with Gasteiger partial charge in [0.2, 0.25) is 0 Å². The van der Waals surface area contributed by atoms with Crippen molar-refractivity contribution in [2.45, 2.75) is 41.5 Å². The van der Waals surface area contributed by atoms with E-state index in [9.17, 15) is 4.79 Å². The molecule has 0 bridgehead atoms. The molecule has 0 saturated heterocycles. The van der Waals surface area contributed by atoms with Crippen LogP contribution in [0.15, 0.2) is 6.07 Å². The molecule has 0 aliphatic carbocycles. The van der Waals surface area contributed by atoms with Crippen LogP contribution in [0.3, 0.4) is 0 Å². The second-order valence-corrected chi connectivity index (χ2v) is 5.28. The van der Waals surface area contributed by atoms with Gasteiger partial charge >= 0.3 is 0 Å². The molecule has 0 fully saturated rings. The Bertz CT molecular complexity index is 664. The first-order valence-corrected chi connectivity index (χ1v) is 6.35. The molecule has 0 aliphatic heterocycles. The Morgan fingerprint density at radius 3 is 1.72 bits per heavy atom. The second kappa shape index (κ2) is 4.24. The molecule has 0 saturated carbocycles. The Kier molecular flexibility index (Phi) is 3.02. The van der Waals surface area contributed by atoms with Gasteiger partial charge in [0.15, 0.2) is 6.29 Å². The molecule has 0 spiro atoms. The molecule has 2 rings (SSSR count). The highest BCUT2D eigenvalue weighted by Gasteiger charge is 2.15. The molecule has 0 unspecified atom stereocenters. The van der Waals surface area contributed by atoms with Crippen molar-refractivity contribution in [3.05, 3.63) is 45.0 Å². The molecule has 0 amide bonds. The largest absolute Gasteiger partial charge is 0.298 e. The minimum atomic E-state index is 0.816. The number of hydrogen-bond acceptors (Lipinski definition) is 1. The number of aryl methyl sites for hydroxylation is 4. The smallest absolute Gasteiger partial charge is 0.150 e. The van der Waals surface area contributed by atoms with Crippen LogP contribution >= 0.6 is 0 Å². The lowest BCUT2D eigenvalue weighted by atomic mass is 9.86.